The van der Waals surface area contributed by atoms with Crippen molar-refractivity contribution in [3.8, 4) is 5.75 Å². The number of hydrogen-bond donors (Lipinski definition) is 1. The molecule has 0 aromatic heterocycles. The standard InChI is InChI=1S/C20H24ClN3O3/c21-16-9-7-15(8-10-16)14-17-4-1-2-11-23(17)12-13-27-19-6-3-5-18(20(19)22)24(25)26/h3,5-10,17H,1-2,4,11-14,22H2. The summed E-state index contributed by atoms with van der Waals surface area (Å²) in [5.74, 6) is 0.371. The lowest BCUT2D eigenvalue weighted by Gasteiger charge is -2.35. The molecule has 0 saturated carbocycles. The number of ether oxygens (including phenoxy) is 1. The van der Waals surface area contributed by atoms with Gasteiger partial charge in [0.25, 0.3) is 5.69 Å². The van der Waals surface area contributed by atoms with E-state index in [1.54, 1.807) is 12.1 Å². The summed E-state index contributed by atoms with van der Waals surface area (Å²) in [6.45, 7) is 2.24. The molecule has 1 saturated heterocycles. The number of nitrogen functional groups attached to an aromatic ring is 1. The summed E-state index contributed by atoms with van der Waals surface area (Å²) in [4.78, 5) is 12.9. The Morgan fingerprint density at radius 2 is 2.00 bits per heavy atom. The van der Waals surface area contributed by atoms with Crippen LogP contribution < -0.4 is 10.5 Å². The van der Waals surface area contributed by atoms with Crippen LogP contribution in [0.5, 0.6) is 5.75 Å². The first-order valence-electron chi connectivity index (χ1n) is 9.19. The van der Waals surface area contributed by atoms with Gasteiger partial charge in [-0.15, -0.1) is 0 Å². The second-order valence-corrected chi connectivity index (χ2v) is 7.25. The zero-order valence-electron chi connectivity index (χ0n) is 15.1. The van der Waals surface area contributed by atoms with Gasteiger partial charge in [0.15, 0.2) is 5.69 Å². The average molecular weight is 390 g/mol. The Bertz CT molecular complexity index is 783. The van der Waals surface area contributed by atoms with Crippen molar-refractivity contribution in [3.05, 3.63) is 63.2 Å². The SMILES string of the molecule is Nc1c(OCCN2CCCCC2Cc2ccc(Cl)cc2)cccc1[N+](=O)[O-]. The number of anilines is 1. The number of rotatable bonds is 7. The molecule has 144 valence electrons. The third kappa shape index (κ3) is 5.11. The minimum absolute atomic E-state index is 0.0823. The molecule has 2 N–H and O–H groups in total. The molecule has 1 unspecified atom stereocenters. The van der Waals surface area contributed by atoms with Crippen molar-refractivity contribution in [1.82, 2.24) is 4.90 Å². The second-order valence-electron chi connectivity index (χ2n) is 6.81. The fourth-order valence-corrected chi connectivity index (χ4v) is 3.69. The van der Waals surface area contributed by atoms with Gasteiger partial charge in [0.2, 0.25) is 0 Å². The lowest BCUT2D eigenvalue weighted by Crippen LogP contribution is -2.43. The molecule has 7 heteroatoms. The Hall–Kier alpha value is -2.31. The maximum atomic E-state index is 11.0. The maximum absolute atomic E-state index is 11.0. The van der Waals surface area contributed by atoms with Crippen molar-refractivity contribution in [3.63, 3.8) is 0 Å². The number of likely N-dealkylation sites (tertiary alicyclic amines) is 1. The summed E-state index contributed by atoms with van der Waals surface area (Å²) in [7, 11) is 0. The number of hydrogen-bond acceptors (Lipinski definition) is 5. The largest absolute Gasteiger partial charge is 0.490 e. The molecular weight excluding hydrogens is 366 g/mol. The second kappa shape index (κ2) is 9.06. The molecule has 27 heavy (non-hydrogen) atoms. The third-order valence-electron chi connectivity index (χ3n) is 5.01. The van der Waals surface area contributed by atoms with Crippen LogP contribution in [0.25, 0.3) is 0 Å². The molecule has 6 nitrogen and oxygen atoms in total. The number of piperidine rings is 1. The summed E-state index contributed by atoms with van der Waals surface area (Å²) >= 11 is 5.97. The molecule has 0 amide bonds. The van der Waals surface area contributed by atoms with Gasteiger partial charge >= 0.3 is 0 Å². The fraction of sp³-hybridized carbons (Fsp3) is 0.400. The van der Waals surface area contributed by atoms with Crippen LogP contribution in [-0.2, 0) is 6.42 Å². The van der Waals surface area contributed by atoms with Crippen LogP contribution in [0.3, 0.4) is 0 Å². The first kappa shape index (κ1) is 19.5. The predicted molar refractivity (Wildman–Crippen MR) is 107 cm³/mol. The molecule has 0 aliphatic carbocycles. The summed E-state index contributed by atoms with van der Waals surface area (Å²) < 4.78 is 5.76. The molecule has 1 heterocycles. The van der Waals surface area contributed by atoms with Gasteiger partial charge in [-0.25, -0.2) is 0 Å². The Morgan fingerprint density at radius 3 is 2.74 bits per heavy atom. The van der Waals surface area contributed by atoms with E-state index in [1.807, 2.05) is 12.1 Å². The smallest absolute Gasteiger partial charge is 0.295 e. The first-order valence-corrected chi connectivity index (χ1v) is 9.56. The molecule has 1 fully saturated rings. The lowest BCUT2D eigenvalue weighted by atomic mass is 9.95. The highest BCUT2D eigenvalue weighted by Crippen LogP contribution is 2.31. The van der Waals surface area contributed by atoms with E-state index in [1.165, 1.54) is 24.5 Å². The number of nitrogens with zero attached hydrogens (tertiary/aromatic N) is 2. The van der Waals surface area contributed by atoms with Gasteiger partial charge in [-0.2, -0.15) is 0 Å². The van der Waals surface area contributed by atoms with E-state index in [-0.39, 0.29) is 11.4 Å². The third-order valence-corrected chi connectivity index (χ3v) is 5.26. The molecule has 1 aliphatic rings. The van der Waals surface area contributed by atoms with Gasteiger partial charge in [0.05, 0.1) is 4.92 Å². The van der Waals surface area contributed by atoms with Gasteiger partial charge in [-0.3, -0.25) is 15.0 Å². The molecular formula is C20H24ClN3O3. The van der Waals surface area contributed by atoms with E-state index in [9.17, 15) is 10.1 Å². The van der Waals surface area contributed by atoms with Crippen molar-refractivity contribution >= 4 is 23.0 Å². The highest BCUT2D eigenvalue weighted by molar-refractivity contribution is 6.30. The van der Waals surface area contributed by atoms with Crippen molar-refractivity contribution in [1.29, 1.82) is 0 Å². The summed E-state index contributed by atoms with van der Waals surface area (Å²) in [5.41, 5.74) is 7.09. The Balaban J connectivity index is 1.58. The van der Waals surface area contributed by atoms with E-state index >= 15 is 0 Å². The van der Waals surface area contributed by atoms with E-state index < -0.39 is 4.92 Å². The van der Waals surface area contributed by atoms with Crippen LogP contribution in [0.15, 0.2) is 42.5 Å². The van der Waals surface area contributed by atoms with E-state index in [2.05, 4.69) is 17.0 Å². The zero-order valence-corrected chi connectivity index (χ0v) is 15.9. The predicted octanol–water partition coefficient (Wildman–Crippen LogP) is 4.31. The minimum atomic E-state index is -0.491. The van der Waals surface area contributed by atoms with Crippen LogP contribution in [0.2, 0.25) is 5.02 Å². The van der Waals surface area contributed by atoms with Gasteiger partial charge in [-0.1, -0.05) is 36.2 Å². The molecule has 3 rings (SSSR count). The number of halogens is 1. The van der Waals surface area contributed by atoms with E-state index in [4.69, 9.17) is 22.1 Å². The van der Waals surface area contributed by atoms with Crippen molar-refractivity contribution < 1.29 is 9.66 Å². The molecule has 1 aliphatic heterocycles. The quantitative estimate of drug-likeness (QED) is 0.433. The Labute approximate surface area is 164 Å². The number of para-hydroxylation sites is 1. The van der Waals surface area contributed by atoms with Crippen LogP contribution in [0.4, 0.5) is 11.4 Å². The molecule has 1 atom stereocenters. The van der Waals surface area contributed by atoms with Gasteiger partial charge < -0.3 is 10.5 Å². The van der Waals surface area contributed by atoms with Gasteiger partial charge in [0.1, 0.15) is 12.4 Å². The van der Waals surface area contributed by atoms with Crippen LogP contribution in [-0.4, -0.2) is 35.6 Å². The van der Waals surface area contributed by atoms with Crippen molar-refractivity contribution in [2.45, 2.75) is 31.7 Å². The minimum Gasteiger partial charge on any atom is -0.490 e. The summed E-state index contributed by atoms with van der Waals surface area (Å²) in [5, 5.41) is 11.7. The van der Waals surface area contributed by atoms with Gasteiger partial charge in [0, 0.05) is 23.7 Å². The fourth-order valence-electron chi connectivity index (χ4n) is 3.57. The van der Waals surface area contributed by atoms with E-state index in [0.717, 1.165) is 31.0 Å². The molecule has 0 radical (unpaired) electrons. The molecule has 2 aromatic rings. The summed E-state index contributed by atoms with van der Waals surface area (Å²) in [6.07, 6.45) is 4.54. The number of nitrogens with two attached hydrogens (primary N) is 1. The molecule has 2 aromatic carbocycles. The highest BCUT2D eigenvalue weighted by atomic mass is 35.5. The number of nitro benzene ring substituents is 1. The van der Waals surface area contributed by atoms with Crippen molar-refractivity contribution in [2.24, 2.45) is 0 Å². The van der Waals surface area contributed by atoms with Crippen LogP contribution in [0, 0.1) is 10.1 Å². The lowest BCUT2D eigenvalue weighted by molar-refractivity contribution is -0.384. The monoisotopic (exact) mass is 389 g/mol. The van der Waals surface area contributed by atoms with Crippen LogP contribution >= 0.6 is 11.6 Å². The average Bonchev–Trinajstić information content (AvgIpc) is 2.66. The van der Waals surface area contributed by atoms with E-state index in [0.29, 0.717) is 18.4 Å². The number of nitro groups is 1. The van der Waals surface area contributed by atoms with Crippen molar-refractivity contribution in [2.75, 3.05) is 25.4 Å². The Kier molecular flexibility index (Phi) is 6.53. The summed E-state index contributed by atoms with van der Waals surface area (Å²) in [6, 6.07) is 13.1. The maximum Gasteiger partial charge on any atom is 0.295 e. The van der Waals surface area contributed by atoms with Crippen LogP contribution in [0.1, 0.15) is 24.8 Å². The first-order chi connectivity index (χ1) is 13.0. The molecule has 0 bridgehead atoms. The van der Waals surface area contributed by atoms with Gasteiger partial charge in [-0.05, 0) is 49.6 Å². The normalized spacial score (nSPS) is 17.6. The Morgan fingerprint density at radius 1 is 1.22 bits per heavy atom. The number of benzene rings is 2. The molecule has 0 spiro atoms. The zero-order chi connectivity index (χ0) is 19.2. The topological polar surface area (TPSA) is 81.6 Å². The highest BCUT2D eigenvalue weighted by Gasteiger charge is 2.23.